The maximum Gasteiger partial charge on any atom is 0.471 e. The molecule has 0 bridgehead atoms. The first-order valence-corrected chi connectivity index (χ1v) is 13.5. The third-order valence-electron chi connectivity index (χ3n) is 6.07. The number of carbonyl (C=O) groups excluding carboxylic acids is 1. The monoisotopic (exact) mass is 482 g/mol. The van der Waals surface area contributed by atoms with Gasteiger partial charge in [0.05, 0.1) is 5.39 Å². The standard InChI is InChI=1S/C27H34O6Si/c1-25(2,3)31-20(28)15-18-14-17-13-16-11-10-12-19-21(16)23(22(17)24(29)30-18)33-34(32-19,26(4,5)6)27(7,8)9/h10-14H,15H2,1-9H3. The van der Waals surface area contributed by atoms with Gasteiger partial charge in [0.25, 0.3) is 0 Å². The van der Waals surface area contributed by atoms with Gasteiger partial charge in [-0.3, -0.25) is 4.79 Å². The molecule has 0 amide bonds. The van der Waals surface area contributed by atoms with Gasteiger partial charge in [-0.1, -0.05) is 53.7 Å². The molecule has 3 aromatic rings. The Morgan fingerprint density at radius 3 is 2.12 bits per heavy atom. The molecule has 6 nitrogen and oxygen atoms in total. The summed E-state index contributed by atoms with van der Waals surface area (Å²) in [6.45, 7) is 18.2. The van der Waals surface area contributed by atoms with E-state index in [1.165, 1.54) is 0 Å². The largest absolute Gasteiger partial charge is 0.511 e. The first-order valence-electron chi connectivity index (χ1n) is 11.6. The predicted molar refractivity (Wildman–Crippen MR) is 136 cm³/mol. The minimum Gasteiger partial charge on any atom is -0.511 e. The van der Waals surface area contributed by atoms with Gasteiger partial charge in [-0.2, -0.15) is 0 Å². The SMILES string of the molecule is CC(C)(C)OC(=O)Cc1cc2cc3cccc4c3c(c2c(=O)o1)O[Si](C(C)(C)C)(C(C)(C)C)O4. The van der Waals surface area contributed by atoms with Crippen molar-refractivity contribution in [1.29, 1.82) is 0 Å². The molecule has 2 heterocycles. The molecule has 0 unspecified atom stereocenters. The summed E-state index contributed by atoms with van der Waals surface area (Å²) in [6, 6.07) is 9.52. The Morgan fingerprint density at radius 1 is 0.882 bits per heavy atom. The van der Waals surface area contributed by atoms with Crippen molar-refractivity contribution in [1.82, 2.24) is 0 Å². The number of fused-ring (bicyclic) bond motifs is 2. The van der Waals surface area contributed by atoms with Gasteiger partial charge in [-0.05, 0) is 49.7 Å². The second-order valence-corrected chi connectivity index (χ2v) is 16.7. The number of carbonyl (C=O) groups is 1. The van der Waals surface area contributed by atoms with E-state index < -0.39 is 25.8 Å². The highest BCUT2D eigenvalue weighted by atomic mass is 28.4. The zero-order valence-electron chi connectivity index (χ0n) is 21.5. The summed E-state index contributed by atoms with van der Waals surface area (Å²) >= 11 is 0. The van der Waals surface area contributed by atoms with Crippen molar-refractivity contribution in [2.24, 2.45) is 0 Å². The molecular formula is C27H34O6Si. The van der Waals surface area contributed by atoms with Gasteiger partial charge in [0.1, 0.15) is 34.7 Å². The second kappa shape index (κ2) is 7.60. The van der Waals surface area contributed by atoms with Gasteiger partial charge in [0.2, 0.25) is 0 Å². The fourth-order valence-electron chi connectivity index (χ4n) is 4.96. The Hall–Kier alpha value is -2.80. The van der Waals surface area contributed by atoms with E-state index in [0.29, 0.717) is 16.5 Å². The number of hydrogen-bond donors (Lipinski definition) is 0. The molecule has 0 spiro atoms. The van der Waals surface area contributed by atoms with Crippen LogP contribution in [0.25, 0.3) is 21.5 Å². The molecule has 0 fully saturated rings. The Kier molecular flexibility index (Phi) is 5.44. The van der Waals surface area contributed by atoms with E-state index in [0.717, 1.165) is 16.5 Å². The highest BCUT2D eigenvalue weighted by Gasteiger charge is 2.64. The van der Waals surface area contributed by atoms with E-state index in [4.69, 9.17) is 18.0 Å². The lowest BCUT2D eigenvalue weighted by Gasteiger charge is -2.50. The van der Waals surface area contributed by atoms with E-state index in [-0.39, 0.29) is 22.3 Å². The Morgan fingerprint density at radius 2 is 1.53 bits per heavy atom. The third-order valence-corrected chi connectivity index (χ3v) is 11.0. The molecular weight excluding hydrogens is 448 g/mol. The molecule has 34 heavy (non-hydrogen) atoms. The lowest BCUT2D eigenvalue weighted by Crippen LogP contribution is -2.63. The minimum atomic E-state index is -2.97. The van der Waals surface area contributed by atoms with Crippen LogP contribution in [0, 0.1) is 0 Å². The average Bonchev–Trinajstić information content (AvgIpc) is 2.64. The maximum absolute atomic E-state index is 13.3. The van der Waals surface area contributed by atoms with Gasteiger partial charge in [0.15, 0.2) is 0 Å². The van der Waals surface area contributed by atoms with Crippen molar-refractivity contribution >= 4 is 36.1 Å². The molecule has 1 aliphatic rings. The molecule has 182 valence electrons. The van der Waals surface area contributed by atoms with Crippen LogP contribution in [0.3, 0.4) is 0 Å². The van der Waals surface area contributed by atoms with E-state index in [2.05, 4.69) is 41.5 Å². The number of rotatable bonds is 2. The first kappa shape index (κ1) is 24.3. The van der Waals surface area contributed by atoms with E-state index in [1.807, 2.05) is 24.3 Å². The van der Waals surface area contributed by atoms with Crippen molar-refractivity contribution in [3.8, 4) is 11.5 Å². The van der Waals surface area contributed by atoms with Crippen molar-refractivity contribution in [3.63, 3.8) is 0 Å². The van der Waals surface area contributed by atoms with Gasteiger partial charge in [-0.15, -0.1) is 0 Å². The highest BCUT2D eigenvalue weighted by Crippen LogP contribution is 2.57. The topological polar surface area (TPSA) is 75.0 Å². The van der Waals surface area contributed by atoms with Crippen LogP contribution in [-0.2, 0) is 16.0 Å². The second-order valence-electron chi connectivity index (χ2n) is 12.1. The van der Waals surface area contributed by atoms with Crippen LogP contribution < -0.4 is 14.5 Å². The van der Waals surface area contributed by atoms with Gasteiger partial charge < -0.3 is 18.0 Å². The summed E-state index contributed by atoms with van der Waals surface area (Å²) in [4.78, 5) is 25.7. The molecule has 1 aliphatic heterocycles. The van der Waals surface area contributed by atoms with Crippen molar-refractivity contribution in [2.75, 3.05) is 0 Å². The summed E-state index contributed by atoms with van der Waals surface area (Å²) in [6.07, 6.45) is -0.123. The van der Waals surface area contributed by atoms with Crippen LogP contribution in [0.5, 0.6) is 11.5 Å². The van der Waals surface area contributed by atoms with Crippen LogP contribution in [-0.4, -0.2) is 20.1 Å². The van der Waals surface area contributed by atoms with Crippen LogP contribution in [0.4, 0.5) is 0 Å². The lowest BCUT2D eigenvalue weighted by molar-refractivity contribution is -0.154. The lowest BCUT2D eigenvalue weighted by atomic mass is 10.0. The zero-order valence-corrected chi connectivity index (χ0v) is 22.5. The summed E-state index contributed by atoms with van der Waals surface area (Å²) in [5.74, 6) is 1.06. The molecule has 0 atom stereocenters. The number of ether oxygens (including phenoxy) is 1. The molecule has 4 rings (SSSR count). The van der Waals surface area contributed by atoms with Gasteiger partial charge in [-0.25, -0.2) is 4.79 Å². The normalized spacial score (nSPS) is 15.7. The van der Waals surface area contributed by atoms with E-state index >= 15 is 0 Å². The molecule has 0 saturated carbocycles. The van der Waals surface area contributed by atoms with Crippen LogP contribution >= 0.6 is 0 Å². The van der Waals surface area contributed by atoms with Crippen molar-refractivity contribution < 1.29 is 22.8 Å². The Labute approximate surface area is 201 Å². The highest BCUT2D eigenvalue weighted by molar-refractivity contribution is 6.75. The van der Waals surface area contributed by atoms with Crippen molar-refractivity contribution in [2.45, 2.75) is 84.4 Å². The van der Waals surface area contributed by atoms with Gasteiger partial charge in [0, 0.05) is 10.1 Å². The molecule has 0 radical (unpaired) electrons. The Balaban J connectivity index is 1.95. The molecule has 1 aromatic heterocycles. The Bertz CT molecular complexity index is 1330. The number of esters is 1. The molecule has 0 saturated heterocycles. The van der Waals surface area contributed by atoms with E-state index in [1.54, 1.807) is 26.8 Å². The zero-order chi connectivity index (χ0) is 25.3. The molecule has 2 aromatic carbocycles. The van der Waals surface area contributed by atoms with Crippen LogP contribution in [0.15, 0.2) is 39.5 Å². The van der Waals surface area contributed by atoms with Gasteiger partial charge >= 0.3 is 20.2 Å². The third kappa shape index (κ3) is 4.00. The molecule has 7 heteroatoms. The quantitative estimate of drug-likeness (QED) is 0.231. The van der Waals surface area contributed by atoms with E-state index in [9.17, 15) is 9.59 Å². The summed E-state index contributed by atoms with van der Waals surface area (Å²) in [5.41, 5.74) is -1.15. The first-order chi connectivity index (χ1) is 15.5. The van der Waals surface area contributed by atoms with Crippen molar-refractivity contribution in [3.05, 3.63) is 46.5 Å². The fourth-order valence-corrected chi connectivity index (χ4v) is 9.44. The summed E-state index contributed by atoms with van der Waals surface area (Å²) in [5, 5.41) is 2.15. The molecule has 0 N–H and O–H groups in total. The number of benzene rings is 2. The fraction of sp³-hybridized carbons (Fsp3) is 0.481. The minimum absolute atomic E-state index is 0.123. The number of hydrogen-bond acceptors (Lipinski definition) is 6. The maximum atomic E-state index is 13.3. The summed E-state index contributed by atoms with van der Waals surface area (Å²) < 4.78 is 24.6. The van der Waals surface area contributed by atoms with Crippen LogP contribution in [0.2, 0.25) is 10.1 Å². The average molecular weight is 483 g/mol. The van der Waals surface area contributed by atoms with Crippen LogP contribution in [0.1, 0.15) is 68.1 Å². The smallest absolute Gasteiger partial charge is 0.471 e. The molecule has 0 aliphatic carbocycles. The predicted octanol–water partition coefficient (Wildman–Crippen LogP) is 6.64. The summed E-state index contributed by atoms with van der Waals surface area (Å²) in [7, 11) is -2.97.